The average molecular weight is 410 g/mol. The Morgan fingerprint density at radius 3 is 2.79 bits per heavy atom. The van der Waals surface area contributed by atoms with Crippen molar-refractivity contribution < 1.29 is 21.7 Å². The number of aromatic nitrogens is 2. The monoisotopic (exact) mass is 410 g/mol. The van der Waals surface area contributed by atoms with Gasteiger partial charge in [-0.15, -0.1) is 0 Å². The highest BCUT2D eigenvalue weighted by molar-refractivity contribution is 7.89. The predicted molar refractivity (Wildman–Crippen MR) is 103 cm³/mol. The van der Waals surface area contributed by atoms with Gasteiger partial charge in [-0.3, -0.25) is 0 Å². The standard InChI is InChI=1S/C18H22FN5O3S/c1-20-28(25,26)14-5-3-13(4-6-14)22-17-21-11-15(19)16(23-17)24-9-10-27-18(12-24)7-2-8-18/h3-6,11,20H,2,7-10,12H2,1H3,(H,21,22,23)/i1D3. The lowest BCUT2D eigenvalue weighted by Crippen LogP contribution is -2.56. The van der Waals surface area contributed by atoms with Crippen molar-refractivity contribution >= 4 is 27.5 Å². The van der Waals surface area contributed by atoms with Crippen molar-refractivity contribution in [2.75, 3.05) is 36.9 Å². The Hall–Kier alpha value is -2.30. The van der Waals surface area contributed by atoms with Gasteiger partial charge in [0.1, 0.15) is 0 Å². The Labute approximate surface area is 167 Å². The zero-order valence-corrected chi connectivity index (χ0v) is 15.8. The van der Waals surface area contributed by atoms with Crippen LogP contribution in [0.15, 0.2) is 35.4 Å². The number of halogens is 1. The Bertz CT molecular complexity index is 1060. The molecule has 1 aliphatic carbocycles. The maximum absolute atomic E-state index is 14.4. The second kappa shape index (κ2) is 7.26. The summed E-state index contributed by atoms with van der Waals surface area (Å²) in [7, 11) is -4.18. The molecule has 4 rings (SSSR count). The fraction of sp³-hybridized carbons (Fsp3) is 0.444. The molecule has 1 aromatic carbocycles. The van der Waals surface area contributed by atoms with E-state index in [1.165, 1.54) is 24.3 Å². The van der Waals surface area contributed by atoms with Crippen molar-refractivity contribution in [2.45, 2.75) is 29.8 Å². The van der Waals surface area contributed by atoms with E-state index in [9.17, 15) is 12.8 Å². The summed E-state index contributed by atoms with van der Waals surface area (Å²) in [6.45, 7) is -1.22. The van der Waals surface area contributed by atoms with Crippen LogP contribution in [0, 0.1) is 5.82 Å². The molecule has 2 fully saturated rings. The van der Waals surface area contributed by atoms with Crippen LogP contribution in [0.2, 0.25) is 0 Å². The highest BCUT2D eigenvalue weighted by Gasteiger charge is 2.42. The van der Waals surface area contributed by atoms with Gasteiger partial charge in [0, 0.05) is 22.9 Å². The van der Waals surface area contributed by atoms with Crippen molar-refractivity contribution in [2.24, 2.45) is 0 Å². The van der Waals surface area contributed by atoms with Crippen LogP contribution in [0.5, 0.6) is 0 Å². The maximum Gasteiger partial charge on any atom is 0.240 e. The van der Waals surface area contributed by atoms with Gasteiger partial charge in [-0.2, -0.15) is 4.98 Å². The number of morpholine rings is 1. The molecule has 0 bridgehead atoms. The van der Waals surface area contributed by atoms with E-state index >= 15 is 0 Å². The SMILES string of the molecule is [2H]C([2H])([2H])NS(=O)(=O)c1ccc(Nc2ncc(F)c(N3CCOC4(CCC4)C3)n2)cc1. The minimum Gasteiger partial charge on any atom is -0.371 e. The minimum atomic E-state index is -4.18. The fourth-order valence-corrected chi connectivity index (χ4v) is 4.06. The van der Waals surface area contributed by atoms with Crippen LogP contribution in [0.3, 0.4) is 0 Å². The summed E-state index contributed by atoms with van der Waals surface area (Å²) < 4.78 is 67.3. The van der Waals surface area contributed by atoms with Crippen molar-refractivity contribution in [3.05, 3.63) is 36.3 Å². The Balaban J connectivity index is 1.49. The summed E-state index contributed by atoms with van der Waals surface area (Å²) in [6, 6.07) is 5.39. The summed E-state index contributed by atoms with van der Waals surface area (Å²) >= 11 is 0. The average Bonchev–Trinajstić information content (AvgIpc) is 2.67. The van der Waals surface area contributed by atoms with Crippen molar-refractivity contribution in [3.8, 4) is 0 Å². The van der Waals surface area contributed by atoms with Crippen molar-refractivity contribution in [3.63, 3.8) is 0 Å². The Kier molecular flexibility index (Phi) is 4.05. The molecule has 2 N–H and O–H groups in total. The smallest absolute Gasteiger partial charge is 0.240 e. The Morgan fingerprint density at radius 1 is 1.32 bits per heavy atom. The number of nitrogens with one attached hydrogen (secondary N) is 2. The molecular formula is C18H22FN5O3S. The van der Waals surface area contributed by atoms with E-state index in [1.54, 1.807) is 4.72 Å². The molecule has 1 saturated heterocycles. The van der Waals surface area contributed by atoms with Crippen LogP contribution < -0.4 is 14.9 Å². The summed E-state index contributed by atoms with van der Waals surface area (Å²) in [5.41, 5.74) is 0.246. The van der Waals surface area contributed by atoms with Gasteiger partial charge < -0.3 is 15.0 Å². The first-order valence-corrected chi connectivity index (χ1v) is 10.4. The number of benzene rings is 1. The van der Waals surface area contributed by atoms with Crippen molar-refractivity contribution in [1.82, 2.24) is 14.7 Å². The largest absolute Gasteiger partial charge is 0.371 e. The number of ether oxygens (including phenoxy) is 1. The van der Waals surface area contributed by atoms with Crippen molar-refractivity contribution in [1.29, 1.82) is 0 Å². The van der Waals surface area contributed by atoms with E-state index in [4.69, 9.17) is 8.85 Å². The molecule has 0 unspecified atom stereocenters. The first-order chi connectivity index (χ1) is 14.6. The number of anilines is 3. The van der Waals surface area contributed by atoms with Crippen LogP contribution >= 0.6 is 0 Å². The Morgan fingerprint density at radius 2 is 2.11 bits per heavy atom. The van der Waals surface area contributed by atoms with Gasteiger partial charge in [-0.25, -0.2) is 22.5 Å². The molecule has 0 amide bonds. The molecule has 28 heavy (non-hydrogen) atoms. The molecule has 0 radical (unpaired) electrons. The molecule has 1 spiro atoms. The minimum absolute atomic E-state index is 0.154. The maximum atomic E-state index is 14.4. The van der Waals surface area contributed by atoms with Crippen LogP contribution in [-0.2, 0) is 14.8 Å². The van der Waals surface area contributed by atoms with Crippen LogP contribution in [0.4, 0.5) is 21.8 Å². The van der Waals surface area contributed by atoms with E-state index in [1.807, 2.05) is 4.90 Å². The lowest BCUT2D eigenvalue weighted by atomic mass is 9.79. The molecule has 2 aromatic rings. The van der Waals surface area contributed by atoms with Gasteiger partial charge in [0.2, 0.25) is 16.0 Å². The third-order valence-corrected chi connectivity index (χ3v) is 6.26. The molecule has 1 saturated carbocycles. The number of hydrogen-bond acceptors (Lipinski definition) is 7. The molecular weight excluding hydrogens is 385 g/mol. The molecule has 2 heterocycles. The summed E-state index contributed by atoms with van der Waals surface area (Å²) in [4.78, 5) is 9.92. The summed E-state index contributed by atoms with van der Waals surface area (Å²) in [5.74, 6) is -0.186. The van der Waals surface area contributed by atoms with Gasteiger partial charge in [0.05, 0.1) is 23.3 Å². The van der Waals surface area contributed by atoms with E-state index in [0.29, 0.717) is 25.4 Å². The second-order valence-electron chi connectivity index (χ2n) is 6.93. The fourth-order valence-electron chi connectivity index (χ4n) is 3.44. The first-order valence-electron chi connectivity index (χ1n) is 10.4. The third-order valence-electron chi connectivity index (χ3n) is 5.09. The van der Waals surface area contributed by atoms with Crippen LogP contribution in [0.1, 0.15) is 23.4 Å². The molecule has 150 valence electrons. The van der Waals surface area contributed by atoms with Gasteiger partial charge in [-0.05, 0) is 50.5 Å². The van der Waals surface area contributed by atoms with Gasteiger partial charge in [0.25, 0.3) is 0 Å². The number of rotatable bonds is 5. The lowest BCUT2D eigenvalue weighted by Gasteiger charge is -2.48. The normalized spacial score (nSPS) is 20.8. The highest BCUT2D eigenvalue weighted by atomic mass is 32.2. The highest BCUT2D eigenvalue weighted by Crippen LogP contribution is 2.39. The number of hydrogen-bond donors (Lipinski definition) is 2. The first kappa shape index (κ1) is 15.6. The zero-order chi connectivity index (χ0) is 22.3. The molecule has 0 atom stereocenters. The van der Waals surface area contributed by atoms with E-state index in [2.05, 4.69) is 15.3 Å². The van der Waals surface area contributed by atoms with E-state index in [0.717, 1.165) is 25.5 Å². The molecule has 1 aromatic heterocycles. The summed E-state index contributed by atoms with van der Waals surface area (Å²) in [6.07, 6.45) is 4.09. The lowest BCUT2D eigenvalue weighted by molar-refractivity contribution is -0.107. The van der Waals surface area contributed by atoms with Crippen LogP contribution in [0.25, 0.3) is 0 Å². The van der Waals surface area contributed by atoms with E-state index in [-0.39, 0.29) is 22.3 Å². The van der Waals surface area contributed by atoms with E-state index < -0.39 is 22.8 Å². The second-order valence-corrected chi connectivity index (χ2v) is 8.61. The topological polar surface area (TPSA) is 96.5 Å². The van der Waals surface area contributed by atoms with Crippen LogP contribution in [-0.4, -0.2) is 50.7 Å². The molecule has 10 heteroatoms. The molecule has 8 nitrogen and oxygen atoms in total. The van der Waals surface area contributed by atoms with Gasteiger partial charge >= 0.3 is 0 Å². The third kappa shape index (κ3) is 3.67. The number of sulfonamides is 1. The predicted octanol–water partition coefficient (Wildman–Crippen LogP) is 2.03. The molecule has 2 aliphatic rings. The van der Waals surface area contributed by atoms with Gasteiger partial charge in [-0.1, -0.05) is 0 Å². The number of nitrogens with zero attached hydrogens (tertiary/aromatic N) is 3. The quantitative estimate of drug-likeness (QED) is 0.778. The summed E-state index contributed by atoms with van der Waals surface area (Å²) in [5, 5.41) is 2.91. The van der Waals surface area contributed by atoms with Gasteiger partial charge in [0.15, 0.2) is 11.6 Å². The molecule has 1 aliphatic heterocycles. The zero-order valence-electron chi connectivity index (χ0n) is 18.0.